The van der Waals surface area contributed by atoms with E-state index in [4.69, 9.17) is 0 Å². The minimum Gasteiger partial charge on any atom is -0.508 e. The number of rotatable bonds is 5. The van der Waals surface area contributed by atoms with Gasteiger partial charge in [-0.15, -0.1) is 0 Å². The van der Waals surface area contributed by atoms with Gasteiger partial charge in [0.25, 0.3) is 0 Å². The Bertz CT molecular complexity index is 669. The molecule has 0 heterocycles. The third-order valence-electron chi connectivity index (χ3n) is 4.81. The molecule has 3 heteroatoms. The number of hydrogen-bond acceptors (Lipinski definition) is 3. The van der Waals surface area contributed by atoms with Gasteiger partial charge in [-0.05, 0) is 53.1 Å². The number of fused-ring (bicyclic) bond motifs is 1. The maximum absolute atomic E-state index is 9.95. The van der Waals surface area contributed by atoms with Crippen molar-refractivity contribution in [2.45, 2.75) is 44.7 Å². The van der Waals surface area contributed by atoms with Crippen LogP contribution >= 0.6 is 0 Å². The van der Waals surface area contributed by atoms with Crippen molar-refractivity contribution in [1.29, 1.82) is 0 Å². The van der Waals surface area contributed by atoms with E-state index in [1.165, 1.54) is 11.1 Å². The van der Waals surface area contributed by atoms with Crippen LogP contribution in [0.4, 0.5) is 0 Å². The first-order chi connectivity index (χ1) is 11.0. The highest BCUT2D eigenvalue weighted by Crippen LogP contribution is 2.30. The number of nitrogens with one attached hydrogen (secondary N) is 1. The fraction of sp³-hybridized carbons (Fsp3) is 0.400. The van der Waals surface area contributed by atoms with Crippen LogP contribution in [-0.2, 0) is 19.4 Å². The Morgan fingerprint density at radius 2 is 1.74 bits per heavy atom. The van der Waals surface area contributed by atoms with Crippen LogP contribution in [0.15, 0.2) is 42.5 Å². The first-order valence-electron chi connectivity index (χ1n) is 8.27. The summed E-state index contributed by atoms with van der Waals surface area (Å²) in [7, 11) is 0. The first kappa shape index (κ1) is 16.0. The Morgan fingerprint density at radius 1 is 1.09 bits per heavy atom. The normalized spacial score (nSPS) is 15.8. The largest absolute Gasteiger partial charge is 0.508 e. The number of aliphatic hydroxyl groups is 1. The lowest BCUT2D eigenvalue weighted by Crippen LogP contribution is -2.49. The molecule has 0 radical (unpaired) electrons. The van der Waals surface area contributed by atoms with Gasteiger partial charge in [-0.25, -0.2) is 0 Å². The highest BCUT2D eigenvalue weighted by atomic mass is 16.3. The molecule has 0 amide bonds. The fourth-order valence-corrected chi connectivity index (χ4v) is 3.41. The minimum atomic E-state index is -0.298. The van der Waals surface area contributed by atoms with E-state index in [1.807, 2.05) is 6.07 Å². The van der Waals surface area contributed by atoms with Gasteiger partial charge >= 0.3 is 0 Å². The Balaban J connectivity index is 1.75. The van der Waals surface area contributed by atoms with Crippen molar-refractivity contribution >= 4 is 0 Å². The highest BCUT2D eigenvalue weighted by molar-refractivity contribution is 5.38. The van der Waals surface area contributed by atoms with Crippen LogP contribution < -0.4 is 5.32 Å². The minimum absolute atomic E-state index is 0.109. The molecule has 1 aliphatic rings. The Labute approximate surface area is 138 Å². The zero-order chi connectivity index (χ0) is 16.4. The number of benzene rings is 2. The summed E-state index contributed by atoms with van der Waals surface area (Å²) in [6, 6.07) is 14.1. The van der Waals surface area contributed by atoms with Gasteiger partial charge in [-0.2, -0.15) is 0 Å². The summed E-state index contributed by atoms with van der Waals surface area (Å²) in [4.78, 5) is 0. The van der Waals surface area contributed by atoms with Gasteiger partial charge in [0.1, 0.15) is 5.75 Å². The average molecular weight is 311 g/mol. The van der Waals surface area contributed by atoms with Crippen molar-refractivity contribution in [3.63, 3.8) is 0 Å². The Hall–Kier alpha value is -1.84. The van der Waals surface area contributed by atoms with Gasteiger partial charge in [-0.3, -0.25) is 0 Å². The number of aliphatic hydroxyl groups excluding tert-OH is 1. The summed E-state index contributed by atoms with van der Waals surface area (Å²) >= 11 is 0. The summed E-state index contributed by atoms with van der Waals surface area (Å²) in [5, 5.41) is 23.4. The topological polar surface area (TPSA) is 52.5 Å². The summed E-state index contributed by atoms with van der Waals surface area (Å²) in [6.45, 7) is 4.99. The van der Waals surface area contributed by atoms with E-state index in [9.17, 15) is 10.2 Å². The molecule has 1 aliphatic carbocycles. The number of aromatic hydroxyl groups is 1. The monoisotopic (exact) mass is 311 g/mol. The number of phenols is 1. The quantitative estimate of drug-likeness (QED) is 0.795. The summed E-state index contributed by atoms with van der Waals surface area (Å²) in [5.74, 6) is 0.684. The van der Waals surface area contributed by atoms with Crippen LogP contribution in [0.25, 0.3) is 0 Å². The molecule has 3 nitrogen and oxygen atoms in total. The predicted octanol–water partition coefficient (Wildman–Crippen LogP) is 3.14. The SMILES string of the molecule is CC(C)c1cc(O)cc(CNC2(CO)Cc3ccccc3C2)c1. The molecule has 0 fully saturated rings. The van der Waals surface area contributed by atoms with Gasteiger partial charge < -0.3 is 15.5 Å². The molecular formula is C20H25NO2. The third-order valence-corrected chi connectivity index (χ3v) is 4.81. The van der Waals surface area contributed by atoms with Crippen LogP contribution in [0.5, 0.6) is 5.75 Å². The fourth-order valence-electron chi connectivity index (χ4n) is 3.41. The molecule has 0 unspecified atom stereocenters. The second kappa shape index (κ2) is 6.34. The summed E-state index contributed by atoms with van der Waals surface area (Å²) in [5.41, 5.74) is 4.51. The lowest BCUT2D eigenvalue weighted by Gasteiger charge is -2.28. The van der Waals surface area contributed by atoms with Gasteiger partial charge in [0.05, 0.1) is 6.61 Å². The van der Waals surface area contributed by atoms with Gasteiger partial charge in [0, 0.05) is 12.1 Å². The van der Waals surface area contributed by atoms with Crippen molar-refractivity contribution in [3.05, 3.63) is 64.7 Å². The Kier molecular flexibility index (Phi) is 4.42. The molecule has 3 N–H and O–H groups in total. The highest BCUT2D eigenvalue weighted by Gasteiger charge is 2.36. The molecule has 0 aliphatic heterocycles. The van der Waals surface area contributed by atoms with E-state index < -0.39 is 0 Å². The maximum Gasteiger partial charge on any atom is 0.116 e. The van der Waals surface area contributed by atoms with Crippen molar-refractivity contribution in [2.24, 2.45) is 0 Å². The average Bonchev–Trinajstić information content (AvgIpc) is 2.91. The molecular weight excluding hydrogens is 286 g/mol. The van der Waals surface area contributed by atoms with Crippen LogP contribution in [0.2, 0.25) is 0 Å². The van der Waals surface area contributed by atoms with E-state index in [2.05, 4.69) is 49.5 Å². The second-order valence-electron chi connectivity index (χ2n) is 7.00. The predicted molar refractivity (Wildman–Crippen MR) is 92.7 cm³/mol. The van der Waals surface area contributed by atoms with E-state index in [0.717, 1.165) is 24.0 Å². The molecule has 23 heavy (non-hydrogen) atoms. The molecule has 2 aromatic carbocycles. The van der Waals surface area contributed by atoms with E-state index in [-0.39, 0.29) is 12.1 Å². The summed E-state index contributed by atoms with van der Waals surface area (Å²) < 4.78 is 0. The number of phenolic OH excluding ortho intramolecular Hbond substituents is 1. The Morgan fingerprint density at radius 3 is 2.30 bits per heavy atom. The van der Waals surface area contributed by atoms with Crippen molar-refractivity contribution < 1.29 is 10.2 Å². The van der Waals surface area contributed by atoms with Crippen LogP contribution in [0.3, 0.4) is 0 Å². The molecule has 0 saturated heterocycles. The molecule has 3 rings (SSSR count). The lowest BCUT2D eigenvalue weighted by atomic mass is 9.95. The molecule has 0 aromatic heterocycles. The van der Waals surface area contributed by atoms with Crippen LogP contribution in [0.1, 0.15) is 42.0 Å². The van der Waals surface area contributed by atoms with Crippen LogP contribution in [0, 0.1) is 0 Å². The van der Waals surface area contributed by atoms with E-state index >= 15 is 0 Å². The molecule has 0 bridgehead atoms. The van der Waals surface area contributed by atoms with Gasteiger partial charge in [-0.1, -0.05) is 44.2 Å². The van der Waals surface area contributed by atoms with Crippen LogP contribution in [-0.4, -0.2) is 22.4 Å². The first-order valence-corrected chi connectivity index (χ1v) is 8.27. The van der Waals surface area contributed by atoms with Crippen molar-refractivity contribution in [3.8, 4) is 5.75 Å². The number of hydrogen-bond donors (Lipinski definition) is 3. The summed E-state index contributed by atoms with van der Waals surface area (Å²) in [6.07, 6.45) is 1.69. The standard InChI is InChI=1S/C20H25NO2/c1-14(2)18-7-15(8-19(23)9-18)12-21-20(13-22)10-16-5-3-4-6-17(16)11-20/h3-9,14,21-23H,10-13H2,1-2H3. The molecule has 0 atom stereocenters. The zero-order valence-electron chi connectivity index (χ0n) is 13.8. The maximum atomic E-state index is 9.95. The van der Waals surface area contributed by atoms with Crippen molar-refractivity contribution in [2.75, 3.05) is 6.61 Å². The lowest BCUT2D eigenvalue weighted by molar-refractivity contribution is 0.166. The molecule has 122 valence electrons. The van der Waals surface area contributed by atoms with Gasteiger partial charge in [0.15, 0.2) is 0 Å². The molecule has 2 aromatic rings. The molecule has 0 spiro atoms. The third kappa shape index (κ3) is 3.41. The smallest absolute Gasteiger partial charge is 0.116 e. The zero-order valence-corrected chi connectivity index (χ0v) is 13.8. The van der Waals surface area contributed by atoms with Crippen molar-refractivity contribution in [1.82, 2.24) is 5.32 Å². The van der Waals surface area contributed by atoms with E-state index in [0.29, 0.717) is 18.2 Å². The van der Waals surface area contributed by atoms with E-state index in [1.54, 1.807) is 6.07 Å². The molecule has 0 saturated carbocycles. The second-order valence-corrected chi connectivity index (χ2v) is 7.00. The van der Waals surface area contributed by atoms with Gasteiger partial charge in [0.2, 0.25) is 0 Å².